The minimum absolute atomic E-state index is 0.0310. The summed E-state index contributed by atoms with van der Waals surface area (Å²) >= 11 is 0. The molecule has 178 valence electrons. The van der Waals surface area contributed by atoms with Crippen LogP contribution >= 0.6 is 0 Å². The highest BCUT2D eigenvalue weighted by Crippen LogP contribution is 2.22. The normalized spacial score (nSPS) is 14.8. The third-order valence-electron chi connectivity index (χ3n) is 6.16. The van der Waals surface area contributed by atoms with Crippen molar-refractivity contribution >= 4 is 23.2 Å². The van der Waals surface area contributed by atoms with Crippen LogP contribution < -0.4 is 15.0 Å². The van der Waals surface area contributed by atoms with E-state index in [1.54, 1.807) is 0 Å². The molecule has 0 aromatic heterocycles. The largest absolute Gasteiger partial charge is 0.484 e. The van der Waals surface area contributed by atoms with Crippen LogP contribution in [0.5, 0.6) is 5.75 Å². The zero-order valence-electron chi connectivity index (χ0n) is 20.3. The lowest BCUT2D eigenvalue weighted by Crippen LogP contribution is -2.49. The smallest absolute Gasteiger partial charge is 0.262 e. The highest BCUT2D eigenvalue weighted by atomic mass is 16.5. The summed E-state index contributed by atoms with van der Waals surface area (Å²) in [6.45, 7) is 11.6. The van der Waals surface area contributed by atoms with Gasteiger partial charge in [-0.3, -0.25) is 9.59 Å². The molecule has 0 saturated carbocycles. The Morgan fingerprint density at radius 1 is 0.939 bits per heavy atom. The van der Waals surface area contributed by atoms with Gasteiger partial charge in [0, 0.05) is 44.0 Å². The first kappa shape index (κ1) is 24.6. The highest BCUT2D eigenvalue weighted by Gasteiger charge is 2.21. The molecule has 3 rings (SSSR count). The van der Waals surface area contributed by atoms with Crippen molar-refractivity contribution in [3.8, 4) is 5.75 Å². The maximum absolute atomic E-state index is 12.3. The van der Waals surface area contributed by atoms with Gasteiger partial charge in [-0.2, -0.15) is 0 Å². The number of hydrogen-bond donors (Lipinski definition) is 1. The van der Waals surface area contributed by atoms with Gasteiger partial charge in [-0.15, -0.1) is 0 Å². The Morgan fingerprint density at radius 2 is 1.58 bits per heavy atom. The fourth-order valence-corrected chi connectivity index (χ4v) is 3.92. The fraction of sp³-hybridized carbons (Fsp3) is 0.481. The lowest BCUT2D eigenvalue weighted by atomic mass is 9.99. The van der Waals surface area contributed by atoms with E-state index in [-0.39, 0.29) is 18.4 Å². The van der Waals surface area contributed by atoms with Gasteiger partial charge >= 0.3 is 0 Å². The summed E-state index contributed by atoms with van der Waals surface area (Å²) in [6.07, 6.45) is 1.71. The highest BCUT2D eigenvalue weighted by molar-refractivity contribution is 5.92. The molecule has 0 aliphatic carbocycles. The van der Waals surface area contributed by atoms with Gasteiger partial charge in [0.05, 0.1) is 0 Å². The van der Waals surface area contributed by atoms with Crippen molar-refractivity contribution in [2.24, 2.45) is 5.92 Å². The number of amides is 2. The lowest BCUT2D eigenvalue weighted by Gasteiger charge is -2.36. The average Bonchev–Trinajstić information content (AvgIpc) is 2.83. The van der Waals surface area contributed by atoms with Crippen molar-refractivity contribution in [3.63, 3.8) is 0 Å². The molecule has 2 aromatic rings. The first-order chi connectivity index (χ1) is 15.9. The molecule has 1 aliphatic heterocycles. The van der Waals surface area contributed by atoms with Crippen molar-refractivity contribution in [3.05, 3.63) is 54.1 Å². The Morgan fingerprint density at radius 3 is 2.15 bits per heavy atom. The number of ether oxygens (including phenoxy) is 1. The Bertz CT molecular complexity index is 901. The molecular formula is C27H37N3O3. The number of hydrogen-bond acceptors (Lipinski definition) is 4. The van der Waals surface area contributed by atoms with E-state index in [1.807, 2.05) is 41.3 Å². The molecule has 2 aromatic carbocycles. The molecule has 33 heavy (non-hydrogen) atoms. The molecule has 0 spiro atoms. The predicted molar refractivity (Wildman–Crippen MR) is 134 cm³/mol. The van der Waals surface area contributed by atoms with Crippen LogP contribution in [-0.2, 0) is 9.59 Å². The molecule has 1 heterocycles. The summed E-state index contributed by atoms with van der Waals surface area (Å²) in [6, 6.07) is 15.8. The second-order valence-corrected chi connectivity index (χ2v) is 9.23. The van der Waals surface area contributed by atoms with E-state index < -0.39 is 0 Å². The molecule has 1 atom stereocenters. The van der Waals surface area contributed by atoms with Gasteiger partial charge in [0.15, 0.2) is 6.61 Å². The van der Waals surface area contributed by atoms with Gasteiger partial charge in [-0.1, -0.05) is 39.8 Å². The molecular weight excluding hydrogens is 414 g/mol. The molecule has 1 aliphatic rings. The summed E-state index contributed by atoms with van der Waals surface area (Å²) in [5.41, 5.74) is 3.12. The van der Waals surface area contributed by atoms with Crippen LogP contribution in [0.1, 0.15) is 52.0 Å². The molecule has 6 nitrogen and oxygen atoms in total. The van der Waals surface area contributed by atoms with Gasteiger partial charge in [-0.25, -0.2) is 0 Å². The van der Waals surface area contributed by atoms with Gasteiger partial charge in [-0.05, 0) is 60.2 Å². The van der Waals surface area contributed by atoms with E-state index in [0.717, 1.165) is 44.0 Å². The molecule has 0 bridgehead atoms. The molecule has 1 fully saturated rings. The maximum atomic E-state index is 12.3. The van der Waals surface area contributed by atoms with E-state index in [9.17, 15) is 9.59 Å². The van der Waals surface area contributed by atoms with Crippen LogP contribution in [0.3, 0.4) is 0 Å². The van der Waals surface area contributed by atoms with Gasteiger partial charge in [0.2, 0.25) is 5.91 Å². The van der Waals surface area contributed by atoms with Gasteiger partial charge in [0.1, 0.15) is 5.75 Å². The maximum Gasteiger partial charge on any atom is 0.262 e. The summed E-state index contributed by atoms with van der Waals surface area (Å²) in [7, 11) is 0. The number of anilines is 2. The Balaban J connectivity index is 1.44. The van der Waals surface area contributed by atoms with Gasteiger partial charge < -0.3 is 19.9 Å². The molecule has 1 N–H and O–H groups in total. The number of nitrogens with one attached hydrogen (secondary N) is 1. The van der Waals surface area contributed by atoms with E-state index in [4.69, 9.17) is 4.74 Å². The van der Waals surface area contributed by atoms with E-state index in [1.165, 1.54) is 5.56 Å². The summed E-state index contributed by atoms with van der Waals surface area (Å²) in [5, 5.41) is 2.89. The second kappa shape index (κ2) is 11.7. The van der Waals surface area contributed by atoms with Crippen molar-refractivity contribution < 1.29 is 14.3 Å². The zero-order valence-corrected chi connectivity index (χ0v) is 20.3. The number of rotatable bonds is 9. The minimum atomic E-state index is -0.189. The van der Waals surface area contributed by atoms with Gasteiger partial charge in [0.25, 0.3) is 5.91 Å². The van der Waals surface area contributed by atoms with Crippen LogP contribution in [0, 0.1) is 5.92 Å². The van der Waals surface area contributed by atoms with E-state index in [2.05, 4.69) is 50.0 Å². The van der Waals surface area contributed by atoms with Crippen molar-refractivity contribution in [1.82, 2.24) is 4.90 Å². The number of benzene rings is 2. The number of carbonyl (C=O) groups excluding carboxylic acids is 2. The number of piperazine rings is 1. The molecule has 0 radical (unpaired) electrons. The van der Waals surface area contributed by atoms with Crippen LogP contribution in [0.2, 0.25) is 0 Å². The quantitative estimate of drug-likeness (QED) is 0.588. The van der Waals surface area contributed by atoms with Crippen LogP contribution in [0.25, 0.3) is 0 Å². The minimum Gasteiger partial charge on any atom is -0.484 e. The lowest BCUT2D eigenvalue weighted by molar-refractivity contribution is -0.132. The third-order valence-corrected chi connectivity index (χ3v) is 6.16. The number of carbonyl (C=O) groups is 2. The fourth-order valence-electron chi connectivity index (χ4n) is 3.92. The van der Waals surface area contributed by atoms with Crippen LogP contribution in [-0.4, -0.2) is 49.5 Å². The number of nitrogens with zero attached hydrogens (tertiary/aromatic N) is 2. The Labute approximate surface area is 197 Å². The molecule has 1 saturated heterocycles. The topological polar surface area (TPSA) is 61.9 Å². The van der Waals surface area contributed by atoms with Crippen molar-refractivity contribution in [2.75, 3.05) is 43.0 Å². The van der Waals surface area contributed by atoms with Crippen LogP contribution in [0.15, 0.2) is 48.5 Å². The van der Waals surface area contributed by atoms with Crippen molar-refractivity contribution in [2.45, 2.75) is 46.5 Å². The monoisotopic (exact) mass is 451 g/mol. The standard InChI is InChI=1S/C27H37N3O3/c1-5-21(4)22-6-12-25(13-7-22)33-19-26(31)28-23-8-10-24(11-9-23)29-14-16-30(17-15-29)27(32)18-20(2)3/h6-13,20-21H,5,14-19H2,1-4H3,(H,28,31)/t21-/m1/s1. The summed E-state index contributed by atoms with van der Waals surface area (Å²) < 4.78 is 5.63. The predicted octanol–water partition coefficient (Wildman–Crippen LogP) is 4.91. The molecule has 2 amide bonds. The first-order valence-electron chi connectivity index (χ1n) is 12.0. The van der Waals surface area contributed by atoms with E-state index >= 15 is 0 Å². The van der Waals surface area contributed by atoms with Crippen LogP contribution in [0.4, 0.5) is 11.4 Å². The SMILES string of the molecule is CC[C@@H](C)c1ccc(OCC(=O)Nc2ccc(N3CCN(C(=O)CC(C)C)CC3)cc2)cc1. The molecule has 0 unspecified atom stereocenters. The zero-order chi connectivity index (χ0) is 23.8. The summed E-state index contributed by atoms with van der Waals surface area (Å²) in [5.74, 6) is 1.65. The first-order valence-corrected chi connectivity index (χ1v) is 12.0. The van der Waals surface area contributed by atoms with E-state index in [0.29, 0.717) is 24.0 Å². The average molecular weight is 452 g/mol. The Kier molecular flexibility index (Phi) is 8.75. The molecule has 6 heteroatoms. The second-order valence-electron chi connectivity index (χ2n) is 9.23. The third kappa shape index (κ3) is 7.24. The summed E-state index contributed by atoms with van der Waals surface area (Å²) in [4.78, 5) is 28.8. The Hall–Kier alpha value is -3.02. The van der Waals surface area contributed by atoms with Crippen molar-refractivity contribution in [1.29, 1.82) is 0 Å².